The van der Waals surface area contributed by atoms with E-state index >= 15 is 0 Å². The molecule has 1 N–H and O–H groups in total. The van der Waals surface area contributed by atoms with E-state index < -0.39 is 0 Å². The molecule has 1 aliphatic heterocycles. The summed E-state index contributed by atoms with van der Waals surface area (Å²) in [6.45, 7) is 3.15. The van der Waals surface area contributed by atoms with Crippen LogP contribution in [0.3, 0.4) is 0 Å². The number of nitrogens with zero attached hydrogens (tertiary/aromatic N) is 4. The zero-order chi connectivity index (χ0) is 12.4. The SMILES string of the molecule is Cc1ccc2nnc(CCC3CCCCN3)n2n1. The van der Waals surface area contributed by atoms with Crippen LogP contribution in [0, 0.1) is 6.92 Å². The Morgan fingerprint density at radius 2 is 2.28 bits per heavy atom. The summed E-state index contributed by atoms with van der Waals surface area (Å²) >= 11 is 0. The Balaban J connectivity index is 1.72. The molecular weight excluding hydrogens is 226 g/mol. The van der Waals surface area contributed by atoms with Gasteiger partial charge in [0.25, 0.3) is 0 Å². The van der Waals surface area contributed by atoms with E-state index in [1.165, 1.54) is 19.3 Å². The van der Waals surface area contributed by atoms with Gasteiger partial charge in [0.1, 0.15) is 0 Å². The van der Waals surface area contributed by atoms with Gasteiger partial charge in [0.15, 0.2) is 11.5 Å². The molecule has 0 aliphatic carbocycles. The highest BCUT2D eigenvalue weighted by atomic mass is 15.4. The molecule has 1 atom stereocenters. The summed E-state index contributed by atoms with van der Waals surface area (Å²) in [5.74, 6) is 0.973. The lowest BCUT2D eigenvalue weighted by Crippen LogP contribution is -2.34. The molecule has 18 heavy (non-hydrogen) atoms. The molecule has 1 fully saturated rings. The van der Waals surface area contributed by atoms with E-state index in [2.05, 4.69) is 20.6 Å². The fourth-order valence-corrected chi connectivity index (χ4v) is 2.55. The normalized spacial score (nSPS) is 20.4. The molecule has 0 bridgehead atoms. The Bertz CT molecular complexity index is 527. The van der Waals surface area contributed by atoms with Crippen LogP contribution in [0.2, 0.25) is 0 Å². The van der Waals surface area contributed by atoms with Crippen LogP contribution in [-0.2, 0) is 6.42 Å². The number of aromatic nitrogens is 4. The maximum atomic E-state index is 4.47. The lowest BCUT2D eigenvalue weighted by Gasteiger charge is -2.22. The van der Waals surface area contributed by atoms with Gasteiger partial charge in [0.05, 0.1) is 5.69 Å². The van der Waals surface area contributed by atoms with Crippen molar-refractivity contribution in [3.8, 4) is 0 Å². The second-order valence-corrected chi connectivity index (χ2v) is 5.05. The van der Waals surface area contributed by atoms with E-state index in [1.54, 1.807) is 0 Å². The van der Waals surface area contributed by atoms with E-state index in [-0.39, 0.29) is 0 Å². The van der Waals surface area contributed by atoms with Crippen LogP contribution >= 0.6 is 0 Å². The number of aryl methyl sites for hydroxylation is 2. The van der Waals surface area contributed by atoms with Crippen LogP contribution in [0.25, 0.3) is 5.65 Å². The van der Waals surface area contributed by atoms with Gasteiger partial charge in [0, 0.05) is 12.5 Å². The van der Waals surface area contributed by atoms with Crippen molar-refractivity contribution in [3.63, 3.8) is 0 Å². The molecule has 5 nitrogen and oxygen atoms in total. The van der Waals surface area contributed by atoms with E-state index in [4.69, 9.17) is 0 Å². The number of piperidine rings is 1. The van der Waals surface area contributed by atoms with Crippen molar-refractivity contribution in [2.24, 2.45) is 0 Å². The smallest absolute Gasteiger partial charge is 0.177 e. The summed E-state index contributed by atoms with van der Waals surface area (Å²) in [6.07, 6.45) is 6.00. The van der Waals surface area contributed by atoms with E-state index in [0.29, 0.717) is 6.04 Å². The molecule has 3 heterocycles. The standard InChI is InChI=1S/C13H19N5/c1-10-5-7-12-15-16-13(18(12)17-10)8-6-11-4-2-3-9-14-11/h5,7,11,14H,2-4,6,8-9H2,1H3. The highest BCUT2D eigenvalue weighted by molar-refractivity contribution is 5.35. The third kappa shape index (κ3) is 2.36. The Morgan fingerprint density at radius 3 is 3.11 bits per heavy atom. The summed E-state index contributed by atoms with van der Waals surface area (Å²) in [5.41, 5.74) is 1.84. The van der Waals surface area contributed by atoms with Crippen LogP contribution in [0.1, 0.15) is 37.2 Å². The van der Waals surface area contributed by atoms with E-state index in [9.17, 15) is 0 Å². The summed E-state index contributed by atoms with van der Waals surface area (Å²) in [6, 6.07) is 4.57. The first-order valence-corrected chi connectivity index (χ1v) is 6.74. The van der Waals surface area contributed by atoms with Crippen molar-refractivity contribution >= 4 is 5.65 Å². The predicted molar refractivity (Wildman–Crippen MR) is 69.5 cm³/mol. The van der Waals surface area contributed by atoms with Crippen molar-refractivity contribution in [2.75, 3.05) is 6.54 Å². The second kappa shape index (κ2) is 5.02. The molecule has 0 aromatic carbocycles. The van der Waals surface area contributed by atoms with Gasteiger partial charge in [-0.3, -0.25) is 0 Å². The summed E-state index contributed by atoms with van der Waals surface area (Å²) in [4.78, 5) is 0. The Morgan fingerprint density at radius 1 is 1.33 bits per heavy atom. The Hall–Kier alpha value is -1.49. The zero-order valence-corrected chi connectivity index (χ0v) is 10.8. The predicted octanol–water partition coefficient (Wildman–Crippen LogP) is 1.51. The second-order valence-electron chi connectivity index (χ2n) is 5.05. The molecule has 5 heteroatoms. The third-order valence-electron chi connectivity index (χ3n) is 3.59. The molecule has 1 saturated heterocycles. The van der Waals surface area contributed by atoms with Gasteiger partial charge in [-0.2, -0.15) is 9.61 Å². The molecule has 1 unspecified atom stereocenters. The lowest BCUT2D eigenvalue weighted by atomic mass is 10.0. The molecule has 0 saturated carbocycles. The lowest BCUT2D eigenvalue weighted by molar-refractivity contribution is 0.380. The maximum Gasteiger partial charge on any atom is 0.177 e. The van der Waals surface area contributed by atoms with Crippen molar-refractivity contribution in [2.45, 2.75) is 45.1 Å². The molecule has 1 aliphatic rings. The largest absolute Gasteiger partial charge is 0.314 e. The average Bonchev–Trinajstić information content (AvgIpc) is 2.80. The minimum absolute atomic E-state index is 0.635. The van der Waals surface area contributed by atoms with E-state index in [1.807, 2.05) is 23.6 Å². The van der Waals surface area contributed by atoms with Gasteiger partial charge in [0.2, 0.25) is 0 Å². The number of rotatable bonds is 3. The van der Waals surface area contributed by atoms with Gasteiger partial charge in [-0.05, 0) is 44.9 Å². The quantitative estimate of drug-likeness (QED) is 0.890. The number of fused-ring (bicyclic) bond motifs is 1. The van der Waals surface area contributed by atoms with Crippen molar-refractivity contribution in [1.82, 2.24) is 25.1 Å². The summed E-state index contributed by atoms with van der Waals surface area (Å²) in [7, 11) is 0. The van der Waals surface area contributed by atoms with Gasteiger partial charge in [-0.15, -0.1) is 10.2 Å². The first kappa shape index (κ1) is 11.6. The van der Waals surface area contributed by atoms with Crippen LogP contribution in [0.5, 0.6) is 0 Å². The van der Waals surface area contributed by atoms with Gasteiger partial charge >= 0.3 is 0 Å². The molecular formula is C13H19N5. The first-order chi connectivity index (χ1) is 8.83. The molecule has 2 aromatic heterocycles. The van der Waals surface area contributed by atoms with Crippen LogP contribution < -0.4 is 5.32 Å². The molecule has 0 amide bonds. The molecule has 0 radical (unpaired) electrons. The highest BCUT2D eigenvalue weighted by Crippen LogP contribution is 2.13. The minimum atomic E-state index is 0.635. The minimum Gasteiger partial charge on any atom is -0.314 e. The van der Waals surface area contributed by atoms with Gasteiger partial charge in [-0.1, -0.05) is 6.42 Å². The highest BCUT2D eigenvalue weighted by Gasteiger charge is 2.14. The molecule has 2 aromatic rings. The number of hydrogen-bond acceptors (Lipinski definition) is 4. The molecule has 96 valence electrons. The topological polar surface area (TPSA) is 55.1 Å². The van der Waals surface area contributed by atoms with Crippen LogP contribution in [0.4, 0.5) is 0 Å². The van der Waals surface area contributed by atoms with Crippen LogP contribution in [-0.4, -0.2) is 32.4 Å². The first-order valence-electron chi connectivity index (χ1n) is 6.74. The van der Waals surface area contributed by atoms with Gasteiger partial charge < -0.3 is 5.32 Å². The van der Waals surface area contributed by atoms with Gasteiger partial charge in [-0.25, -0.2) is 0 Å². The maximum absolute atomic E-state index is 4.47. The third-order valence-corrected chi connectivity index (χ3v) is 3.59. The number of hydrogen-bond donors (Lipinski definition) is 1. The number of nitrogens with one attached hydrogen (secondary N) is 1. The Labute approximate surface area is 107 Å². The van der Waals surface area contributed by atoms with E-state index in [0.717, 1.165) is 36.6 Å². The fraction of sp³-hybridized carbons (Fsp3) is 0.615. The fourth-order valence-electron chi connectivity index (χ4n) is 2.55. The van der Waals surface area contributed by atoms with Crippen molar-refractivity contribution in [3.05, 3.63) is 23.7 Å². The Kier molecular flexibility index (Phi) is 3.23. The summed E-state index contributed by atoms with van der Waals surface area (Å²) in [5, 5.41) is 16.4. The molecule has 3 rings (SSSR count). The average molecular weight is 245 g/mol. The monoisotopic (exact) mass is 245 g/mol. The van der Waals surface area contributed by atoms with Crippen LogP contribution in [0.15, 0.2) is 12.1 Å². The summed E-state index contributed by atoms with van der Waals surface area (Å²) < 4.78 is 1.87. The van der Waals surface area contributed by atoms with Crippen molar-refractivity contribution in [1.29, 1.82) is 0 Å². The zero-order valence-electron chi connectivity index (χ0n) is 10.8. The molecule has 0 spiro atoms. The van der Waals surface area contributed by atoms with Crippen molar-refractivity contribution < 1.29 is 0 Å².